The molecule has 188 valence electrons. The first-order valence-electron chi connectivity index (χ1n) is 10.3. The minimum absolute atomic E-state index is 0.0257. The molecule has 5 aromatic rings. The Hall–Kier alpha value is -5.80. The van der Waals surface area contributed by atoms with Gasteiger partial charge in [-0.15, -0.1) is 10.2 Å². The first kappa shape index (κ1) is 24.3. The fraction of sp³-hybridized carbons (Fsp3) is 0.0476. The van der Waals surface area contributed by atoms with E-state index < -0.39 is 21.2 Å². The number of aromatic nitrogens is 4. The van der Waals surface area contributed by atoms with Crippen molar-refractivity contribution in [2.45, 2.75) is 6.92 Å². The van der Waals surface area contributed by atoms with Crippen LogP contribution >= 0.6 is 0 Å². The molecule has 0 amide bonds. The molecule has 0 aliphatic heterocycles. The van der Waals surface area contributed by atoms with E-state index in [0.29, 0.717) is 22.1 Å². The number of anilines is 1. The molecule has 3 aromatic carbocycles. The van der Waals surface area contributed by atoms with E-state index in [2.05, 4.69) is 30.2 Å². The summed E-state index contributed by atoms with van der Waals surface area (Å²) in [4.78, 5) is 52.4. The highest BCUT2D eigenvalue weighted by Gasteiger charge is 2.17. The third-order valence-corrected chi connectivity index (χ3v) is 5.06. The van der Waals surface area contributed by atoms with Gasteiger partial charge < -0.3 is 30.8 Å². The summed E-state index contributed by atoms with van der Waals surface area (Å²) in [6.45, 7) is 1.82. The van der Waals surface area contributed by atoms with Gasteiger partial charge in [-0.2, -0.15) is 0 Å². The molecule has 0 unspecified atom stereocenters. The number of nitro groups is 2. The van der Waals surface area contributed by atoms with Crippen molar-refractivity contribution in [3.05, 3.63) is 89.2 Å². The summed E-state index contributed by atoms with van der Waals surface area (Å²) < 4.78 is 0. The number of aryl methyl sites for hydroxylation is 1. The van der Waals surface area contributed by atoms with Gasteiger partial charge in [-0.25, -0.2) is 9.59 Å². The highest BCUT2D eigenvalue weighted by atomic mass is 16.6. The molecule has 0 saturated heterocycles. The van der Waals surface area contributed by atoms with Crippen LogP contribution in [0, 0.1) is 27.2 Å². The van der Waals surface area contributed by atoms with Crippen LogP contribution < -0.4 is 17.1 Å². The van der Waals surface area contributed by atoms with E-state index in [-0.39, 0.29) is 34.2 Å². The largest absolute Gasteiger partial charge is 0.506 e. The Morgan fingerprint density at radius 3 is 1.81 bits per heavy atom. The van der Waals surface area contributed by atoms with E-state index in [1.807, 2.05) is 6.92 Å². The summed E-state index contributed by atoms with van der Waals surface area (Å²) in [7, 11) is 0. The van der Waals surface area contributed by atoms with Crippen LogP contribution in [0.15, 0.2) is 62.3 Å². The fourth-order valence-corrected chi connectivity index (χ4v) is 3.35. The van der Waals surface area contributed by atoms with Crippen LogP contribution in [0.4, 0.5) is 28.4 Å². The van der Waals surface area contributed by atoms with Crippen LogP contribution in [0.5, 0.6) is 5.75 Å². The van der Waals surface area contributed by atoms with Crippen LogP contribution in [0.2, 0.25) is 0 Å². The lowest BCUT2D eigenvalue weighted by Crippen LogP contribution is -1.99. The molecule has 2 aromatic heterocycles. The van der Waals surface area contributed by atoms with Gasteiger partial charge in [-0.3, -0.25) is 20.2 Å². The van der Waals surface area contributed by atoms with Gasteiger partial charge in [0.2, 0.25) is 0 Å². The lowest BCUT2D eigenvalue weighted by Gasteiger charge is -2.00. The Labute approximate surface area is 203 Å². The molecule has 16 heteroatoms. The number of aromatic hydroxyl groups is 1. The number of fused-ring (bicyclic) bond motifs is 2. The fourth-order valence-electron chi connectivity index (χ4n) is 3.35. The summed E-state index contributed by atoms with van der Waals surface area (Å²) >= 11 is 0. The van der Waals surface area contributed by atoms with E-state index in [9.17, 15) is 34.9 Å². The van der Waals surface area contributed by atoms with Gasteiger partial charge in [0.05, 0.1) is 31.9 Å². The van der Waals surface area contributed by atoms with E-state index in [1.165, 1.54) is 30.3 Å². The first-order valence-corrected chi connectivity index (χ1v) is 10.3. The Morgan fingerprint density at radius 1 is 0.757 bits per heavy atom. The predicted octanol–water partition coefficient (Wildman–Crippen LogP) is 3.54. The molecule has 16 nitrogen and oxygen atoms in total. The van der Waals surface area contributed by atoms with E-state index >= 15 is 0 Å². The Balaban J connectivity index is 0.000000195. The average Bonchev–Trinajstić information content (AvgIpc) is 3.37. The van der Waals surface area contributed by atoms with Gasteiger partial charge in [0.15, 0.2) is 5.69 Å². The van der Waals surface area contributed by atoms with Crippen LogP contribution in [0.1, 0.15) is 5.56 Å². The summed E-state index contributed by atoms with van der Waals surface area (Å²) in [5, 5.41) is 39.1. The quantitative estimate of drug-likeness (QED) is 0.0905. The normalized spacial score (nSPS) is 11.1. The SMILES string of the molecule is Cc1ccc(O)c(N=Nc2cc3[nH]c(=O)[nH]c3cc2[N+](=O)[O-])c1.Nc1cc2[nH]c(=O)[nH]c2cc1[N+](=O)[O-]. The van der Waals surface area contributed by atoms with Crippen LogP contribution in [0.3, 0.4) is 0 Å². The van der Waals surface area contributed by atoms with Crippen molar-refractivity contribution in [2.24, 2.45) is 10.2 Å². The zero-order valence-electron chi connectivity index (χ0n) is 18.8. The van der Waals surface area contributed by atoms with Crippen LogP contribution in [-0.2, 0) is 0 Å². The van der Waals surface area contributed by atoms with Gasteiger partial charge in [0, 0.05) is 12.1 Å². The number of imidazole rings is 2. The number of aromatic amines is 4. The zero-order valence-corrected chi connectivity index (χ0v) is 18.8. The lowest BCUT2D eigenvalue weighted by atomic mass is 10.2. The molecule has 0 aliphatic carbocycles. The van der Waals surface area contributed by atoms with Crippen LogP contribution in [0.25, 0.3) is 22.1 Å². The number of phenols is 1. The smallest absolute Gasteiger partial charge is 0.323 e. The molecular weight excluding hydrogens is 490 g/mol. The molecule has 0 spiro atoms. The van der Waals surface area contributed by atoms with Crippen LogP contribution in [-0.4, -0.2) is 34.9 Å². The molecule has 0 atom stereocenters. The molecule has 0 fully saturated rings. The number of H-pyrrole nitrogens is 4. The summed E-state index contributed by atoms with van der Waals surface area (Å²) in [5.74, 6) is -0.0851. The molecule has 5 rings (SSSR count). The van der Waals surface area contributed by atoms with E-state index in [1.54, 1.807) is 12.1 Å². The second kappa shape index (κ2) is 9.45. The number of nitrogens with zero attached hydrogens (tertiary/aromatic N) is 4. The Morgan fingerprint density at radius 2 is 1.24 bits per heavy atom. The van der Waals surface area contributed by atoms with Gasteiger partial charge >= 0.3 is 11.4 Å². The topological polar surface area (TPSA) is 255 Å². The number of hydrogen-bond donors (Lipinski definition) is 6. The van der Waals surface area contributed by atoms with Gasteiger partial charge in [-0.05, 0) is 36.8 Å². The average molecular weight is 507 g/mol. The van der Waals surface area contributed by atoms with Crippen molar-refractivity contribution in [3.8, 4) is 5.75 Å². The third kappa shape index (κ3) is 5.16. The van der Waals surface area contributed by atoms with Gasteiger partial charge in [0.25, 0.3) is 11.4 Å². The van der Waals surface area contributed by atoms with Crippen molar-refractivity contribution in [1.82, 2.24) is 19.9 Å². The van der Waals surface area contributed by atoms with Crippen molar-refractivity contribution in [1.29, 1.82) is 0 Å². The number of nitro benzene ring substituents is 2. The highest BCUT2D eigenvalue weighted by Crippen LogP contribution is 2.34. The molecule has 7 N–H and O–H groups in total. The summed E-state index contributed by atoms with van der Waals surface area (Å²) in [5.41, 5.74) is 6.57. The highest BCUT2D eigenvalue weighted by molar-refractivity contribution is 5.84. The number of rotatable bonds is 4. The Bertz CT molecular complexity index is 1830. The Kier molecular flexibility index (Phi) is 6.21. The van der Waals surface area contributed by atoms with Crippen molar-refractivity contribution < 1.29 is 15.0 Å². The predicted molar refractivity (Wildman–Crippen MR) is 133 cm³/mol. The molecule has 2 heterocycles. The van der Waals surface area contributed by atoms with Gasteiger partial charge in [0.1, 0.15) is 17.1 Å². The minimum Gasteiger partial charge on any atom is -0.506 e. The zero-order chi connectivity index (χ0) is 26.9. The van der Waals surface area contributed by atoms with E-state index in [4.69, 9.17) is 5.73 Å². The van der Waals surface area contributed by atoms with Gasteiger partial charge in [-0.1, -0.05) is 6.07 Å². The summed E-state index contributed by atoms with van der Waals surface area (Å²) in [6.07, 6.45) is 0. The number of nitrogens with two attached hydrogens (primary N) is 1. The second-order valence-corrected chi connectivity index (χ2v) is 7.71. The second-order valence-electron chi connectivity index (χ2n) is 7.71. The molecular formula is C21H17N9O7. The van der Waals surface area contributed by atoms with E-state index in [0.717, 1.165) is 5.56 Å². The third-order valence-electron chi connectivity index (χ3n) is 5.06. The first-order chi connectivity index (χ1) is 17.5. The van der Waals surface area contributed by atoms with Crippen molar-refractivity contribution >= 4 is 50.5 Å². The minimum atomic E-state index is -0.616. The standard InChI is InChI=1S/C14H11N5O4.C7H6N4O3/c1-7-2-3-13(20)11(4-7)18-17-10-5-8-9(16-14(21)15-8)6-12(10)19(22)23;8-3-1-4-5(10-7(12)9-4)2-6(3)11(13)14/h2-6,20H,1H3,(H2,15,16,21);1-2H,8H2,(H2,9,10,12). The monoisotopic (exact) mass is 507 g/mol. The number of benzene rings is 3. The van der Waals surface area contributed by atoms with Crippen molar-refractivity contribution in [2.75, 3.05) is 5.73 Å². The number of nitrogen functional groups attached to an aromatic ring is 1. The maximum absolute atomic E-state index is 11.3. The van der Waals surface area contributed by atoms with Crippen molar-refractivity contribution in [3.63, 3.8) is 0 Å². The molecule has 0 aliphatic rings. The number of hydrogen-bond acceptors (Lipinski definition) is 10. The summed E-state index contributed by atoms with van der Waals surface area (Å²) in [6, 6.07) is 9.90. The maximum atomic E-state index is 11.3. The molecule has 37 heavy (non-hydrogen) atoms. The molecule has 0 bridgehead atoms. The number of azo groups is 1. The lowest BCUT2D eigenvalue weighted by molar-refractivity contribution is -0.384. The number of phenolic OH excluding ortho intramolecular Hbond substituents is 1. The molecule has 0 radical (unpaired) electrons. The molecule has 0 saturated carbocycles. The number of nitrogens with one attached hydrogen (secondary N) is 4. The maximum Gasteiger partial charge on any atom is 0.323 e.